The number of rotatable bonds is 5. The number of hydrogen-bond donors (Lipinski definition) is 1. The molecule has 1 aliphatic rings. The van der Waals surface area contributed by atoms with Crippen molar-refractivity contribution in [3.63, 3.8) is 0 Å². The number of anilines is 1. The normalized spacial score (nSPS) is 14.7. The topological polar surface area (TPSA) is 78.8 Å². The number of hydrazone groups is 1. The van der Waals surface area contributed by atoms with E-state index in [4.69, 9.17) is 0 Å². The molecule has 0 unspecified atom stereocenters. The Morgan fingerprint density at radius 2 is 1.95 bits per heavy atom. The van der Waals surface area contributed by atoms with Crippen LogP contribution in [0.15, 0.2) is 29.4 Å². The van der Waals surface area contributed by atoms with Crippen LogP contribution in [-0.2, 0) is 14.8 Å². The van der Waals surface area contributed by atoms with Crippen molar-refractivity contribution in [2.75, 3.05) is 17.1 Å². The minimum atomic E-state index is -3.79. The number of amides is 1. The molecule has 0 spiro atoms. The van der Waals surface area contributed by atoms with Crippen LogP contribution < -0.4 is 9.73 Å². The highest BCUT2D eigenvalue weighted by atomic mass is 32.2. The van der Waals surface area contributed by atoms with E-state index in [1.165, 1.54) is 18.2 Å². The minimum absolute atomic E-state index is 0.159. The van der Waals surface area contributed by atoms with Crippen molar-refractivity contribution in [3.05, 3.63) is 30.1 Å². The maximum atomic E-state index is 13.8. The van der Waals surface area contributed by atoms with Gasteiger partial charge in [0.1, 0.15) is 12.4 Å². The summed E-state index contributed by atoms with van der Waals surface area (Å²) in [5.41, 5.74) is 3.07. The van der Waals surface area contributed by atoms with E-state index in [1.54, 1.807) is 0 Å². The lowest BCUT2D eigenvalue weighted by atomic mass is 10.3. The average molecular weight is 327 g/mol. The third-order valence-corrected chi connectivity index (χ3v) is 4.45. The smallest absolute Gasteiger partial charge is 0.260 e. The summed E-state index contributed by atoms with van der Waals surface area (Å²) in [6, 6.07) is 5.41. The molecule has 0 radical (unpaired) electrons. The van der Waals surface area contributed by atoms with E-state index in [1.807, 2.05) is 0 Å². The van der Waals surface area contributed by atoms with Crippen LogP contribution in [0, 0.1) is 5.82 Å². The molecule has 0 bridgehead atoms. The summed E-state index contributed by atoms with van der Waals surface area (Å²) in [5, 5.41) is 3.98. The molecule has 1 amide bonds. The Morgan fingerprint density at radius 1 is 1.32 bits per heavy atom. The van der Waals surface area contributed by atoms with Crippen LogP contribution in [0.4, 0.5) is 10.1 Å². The fourth-order valence-corrected chi connectivity index (χ4v) is 3.09. The zero-order chi connectivity index (χ0) is 16.2. The summed E-state index contributed by atoms with van der Waals surface area (Å²) in [6.07, 6.45) is 4.68. The zero-order valence-electron chi connectivity index (χ0n) is 12.3. The second-order valence-corrected chi connectivity index (χ2v) is 7.05. The molecular formula is C14H18FN3O3S. The van der Waals surface area contributed by atoms with Crippen molar-refractivity contribution in [1.82, 2.24) is 5.43 Å². The van der Waals surface area contributed by atoms with Crippen LogP contribution in [0.3, 0.4) is 0 Å². The van der Waals surface area contributed by atoms with Crippen molar-refractivity contribution >= 4 is 27.3 Å². The van der Waals surface area contributed by atoms with Gasteiger partial charge in [-0.3, -0.25) is 9.10 Å². The minimum Gasteiger partial charge on any atom is -0.271 e. The second kappa shape index (κ2) is 6.87. The monoisotopic (exact) mass is 327 g/mol. The van der Waals surface area contributed by atoms with Gasteiger partial charge in [-0.1, -0.05) is 12.1 Å². The fraction of sp³-hybridized carbons (Fsp3) is 0.429. The molecular weight excluding hydrogens is 309 g/mol. The summed E-state index contributed by atoms with van der Waals surface area (Å²) in [7, 11) is -3.79. The van der Waals surface area contributed by atoms with Gasteiger partial charge in [0.2, 0.25) is 10.0 Å². The molecule has 0 saturated heterocycles. The predicted molar refractivity (Wildman–Crippen MR) is 82.6 cm³/mol. The molecule has 1 aromatic rings. The third-order valence-electron chi connectivity index (χ3n) is 3.33. The third kappa shape index (κ3) is 4.27. The van der Waals surface area contributed by atoms with E-state index >= 15 is 0 Å². The Labute approximate surface area is 129 Å². The van der Waals surface area contributed by atoms with Crippen LogP contribution in [0.25, 0.3) is 0 Å². The molecule has 2 rings (SSSR count). The summed E-state index contributed by atoms with van der Waals surface area (Å²) < 4.78 is 38.2. The molecule has 120 valence electrons. The van der Waals surface area contributed by atoms with Crippen molar-refractivity contribution in [2.45, 2.75) is 25.7 Å². The zero-order valence-corrected chi connectivity index (χ0v) is 13.1. The van der Waals surface area contributed by atoms with Gasteiger partial charge < -0.3 is 0 Å². The molecule has 0 aliphatic heterocycles. The number of nitrogens with zero attached hydrogens (tertiary/aromatic N) is 2. The molecule has 0 atom stereocenters. The van der Waals surface area contributed by atoms with Crippen LogP contribution in [0.1, 0.15) is 25.7 Å². The van der Waals surface area contributed by atoms with Gasteiger partial charge in [0, 0.05) is 5.71 Å². The molecule has 0 heterocycles. The van der Waals surface area contributed by atoms with Gasteiger partial charge >= 0.3 is 0 Å². The Morgan fingerprint density at radius 3 is 2.55 bits per heavy atom. The predicted octanol–water partition coefficient (Wildman–Crippen LogP) is 1.64. The number of benzene rings is 1. The van der Waals surface area contributed by atoms with Gasteiger partial charge in [0.25, 0.3) is 5.91 Å². The Balaban J connectivity index is 2.12. The van der Waals surface area contributed by atoms with Crippen molar-refractivity contribution in [2.24, 2.45) is 5.10 Å². The average Bonchev–Trinajstić information content (AvgIpc) is 2.95. The SMILES string of the molecule is CS(=O)(=O)N(CC(=O)NN=C1CCCC1)c1ccccc1F. The van der Waals surface area contributed by atoms with Gasteiger partial charge in [-0.2, -0.15) is 5.10 Å². The molecule has 1 fully saturated rings. The molecule has 1 saturated carbocycles. The molecule has 0 aromatic heterocycles. The lowest BCUT2D eigenvalue weighted by molar-refractivity contribution is -0.119. The molecule has 1 aliphatic carbocycles. The highest BCUT2D eigenvalue weighted by Gasteiger charge is 2.23. The van der Waals surface area contributed by atoms with E-state index in [0.29, 0.717) is 0 Å². The highest BCUT2D eigenvalue weighted by molar-refractivity contribution is 7.92. The fourth-order valence-electron chi connectivity index (χ4n) is 2.24. The van der Waals surface area contributed by atoms with Gasteiger partial charge in [-0.05, 0) is 37.8 Å². The van der Waals surface area contributed by atoms with Crippen molar-refractivity contribution < 1.29 is 17.6 Å². The first-order valence-corrected chi connectivity index (χ1v) is 8.79. The number of para-hydroxylation sites is 1. The van der Waals surface area contributed by atoms with Gasteiger partial charge in [0.15, 0.2) is 0 Å². The summed E-state index contributed by atoms with van der Waals surface area (Å²) in [5.74, 6) is -1.31. The van der Waals surface area contributed by atoms with E-state index in [-0.39, 0.29) is 5.69 Å². The van der Waals surface area contributed by atoms with E-state index in [2.05, 4.69) is 10.5 Å². The molecule has 22 heavy (non-hydrogen) atoms. The van der Waals surface area contributed by atoms with Gasteiger partial charge in [-0.25, -0.2) is 18.2 Å². The second-order valence-electron chi connectivity index (χ2n) is 5.14. The molecule has 1 aromatic carbocycles. The molecule has 8 heteroatoms. The maximum absolute atomic E-state index is 13.8. The first-order chi connectivity index (χ1) is 10.4. The first-order valence-electron chi connectivity index (χ1n) is 6.94. The first kappa shape index (κ1) is 16.4. The summed E-state index contributed by atoms with van der Waals surface area (Å²) in [6.45, 7) is -0.517. The van der Waals surface area contributed by atoms with Gasteiger partial charge in [-0.15, -0.1) is 0 Å². The Kier molecular flexibility index (Phi) is 5.12. The number of sulfonamides is 1. The van der Waals surface area contributed by atoms with Crippen LogP contribution in [0.2, 0.25) is 0 Å². The van der Waals surface area contributed by atoms with E-state index in [9.17, 15) is 17.6 Å². The number of carbonyl (C=O) groups is 1. The van der Waals surface area contributed by atoms with Gasteiger partial charge in [0.05, 0.1) is 11.9 Å². The summed E-state index contributed by atoms with van der Waals surface area (Å²) in [4.78, 5) is 11.9. The highest BCUT2D eigenvalue weighted by Crippen LogP contribution is 2.21. The van der Waals surface area contributed by atoms with Crippen LogP contribution in [-0.4, -0.2) is 32.8 Å². The van der Waals surface area contributed by atoms with Crippen LogP contribution >= 0.6 is 0 Å². The Bertz CT molecular complexity index is 680. The molecule has 6 nitrogen and oxygen atoms in total. The largest absolute Gasteiger partial charge is 0.271 e. The summed E-state index contributed by atoms with van der Waals surface area (Å²) >= 11 is 0. The lowest BCUT2D eigenvalue weighted by Crippen LogP contribution is -2.39. The van der Waals surface area contributed by atoms with Crippen molar-refractivity contribution in [3.8, 4) is 0 Å². The number of nitrogens with one attached hydrogen (secondary N) is 1. The number of halogens is 1. The standard InChI is InChI=1S/C14H18FN3O3S/c1-22(20,21)18(13-9-5-4-8-12(13)15)10-14(19)17-16-11-6-2-3-7-11/h4-5,8-9H,2-3,6-7,10H2,1H3,(H,17,19). The molecule has 1 N–H and O–H groups in total. The van der Waals surface area contributed by atoms with E-state index < -0.39 is 28.3 Å². The maximum Gasteiger partial charge on any atom is 0.260 e. The number of hydrogen-bond acceptors (Lipinski definition) is 4. The van der Waals surface area contributed by atoms with Crippen LogP contribution in [0.5, 0.6) is 0 Å². The van der Waals surface area contributed by atoms with Crippen molar-refractivity contribution in [1.29, 1.82) is 0 Å². The number of carbonyl (C=O) groups excluding carboxylic acids is 1. The Hall–Kier alpha value is -1.96. The lowest BCUT2D eigenvalue weighted by Gasteiger charge is -2.21. The quantitative estimate of drug-likeness (QED) is 0.835. The van der Waals surface area contributed by atoms with E-state index in [0.717, 1.165) is 48.0 Å².